The van der Waals surface area contributed by atoms with E-state index < -0.39 is 20.8 Å². The van der Waals surface area contributed by atoms with Crippen LogP contribution in [0, 0.1) is 10.1 Å². The molecule has 110 valence electrons. The Kier molecular flexibility index (Phi) is 4.66. The summed E-state index contributed by atoms with van der Waals surface area (Å²) in [6.07, 6.45) is 0.960. The Morgan fingerprint density at radius 1 is 1.19 bits per heavy atom. The number of nitro groups is 1. The summed E-state index contributed by atoms with van der Waals surface area (Å²) in [5.74, 6) is -0.401. The van der Waals surface area contributed by atoms with Crippen molar-refractivity contribution in [2.24, 2.45) is 0 Å². The first-order valence-corrected chi connectivity index (χ1v) is 8.01. The van der Waals surface area contributed by atoms with Gasteiger partial charge < -0.3 is 10.1 Å². The van der Waals surface area contributed by atoms with E-state index in [9.17, 15) is 18.5 Å². The predicted octanol–water partition coefficient (Wildman–Crippen LogP) is 2.23. The number of hydrogen-bond acceptors (Lipinski definition) is 5. The summed E-state index contributed by atoms with van der Waals surface area (Å²) in [4.78, 5) is 13.2. The third-order valence-electron chi connectivity index (χ3n) is 2.60. The van der Waals surface area contributed by atoms with E-state index >= 15 is 0 Å². The van der Waals surface area contributed by atoms with Crippen molar-refractivity contribution in [1.82, 2.24) is 9.71 Å². The molecule has 2 rings (SSSR count). The molecule has 0 atom stereocenters. The van der Waals surface area contributed by atoms with Crippen molar-refractivity contribution in [3.8, 4) is 0 Å². The second kappa shape index (κ2) is 6.29. The van der Waals surface area contributed by atoms with E-state index in [1.165, 1.54) is 0 Å². The van der Waals surface area contributed by atoms with Gasteiger partial charge in [0.1, 0.15) is 4.90 Å². The first kappa shape index (κ1) is 15.5. The zero-order chi connectivity index (χ0) is 15.5. The number of benzene rings is 1. The predicted molar refractivity (Wildman–Crippen MR) is 79.1 cm³/mol. The lowest BCUT2D eigenvalue weighted by Crippen LogP contribution is -2.23. The van der Waals surface area contributed by atoms with Crippen LogP contribution in [0.1, 0.15) is 5.56 Å². The van der Waals surface area contributed by atoms with Gasteiger partial charge in [-0.25, -0.2) is 13.1 Å². The highest BCUT2D eigenvalue weighted by Gasteiger charge is 2.17. The van der Waals surface area contributed by atoms with Crippen LogP contribution in [0.3, 0.4) is 0 Å². The fraction of sp³-hybridized carbons (Fsp3) is 0.0833. The molecule has 7 nitrogen and oxygen atoms in total. The van der Waals surface area contributed by atoms with Gasteiger partial charge in [-0.2, -0.15) is 0 Å². The van der Waals surface area contributed by atoms with E-state index in [1.54, 1.807) is 24.3 Å². The fourth-order valence-electron chi connectivity index (χ4n) is 1.50. The number of nitrogens with one attached hydrogen (secondary N) is 1. The SMILES string of the molecule is O=[N+]([O-])c1ccc(S(=O)(=O)NCc2ccc(Br)cc2)cn1. The zero-order valence-corrected chi connectivity index (χ0v) is 13.0. The van der Waals surface area contributed by atoms with Crippen LogP contribution in [0.25, 0.3) is 0 Å². The largest absolute Gasteiger partial charge is 0.363 e. The number of hydrogen-bond donors (Lipinski definition) is 1. The standard InChI is InChI=1S/C12H10BrN3O4S/c13-10-3-1-9(2-4-10)7-15-21(19,20)11-5-6-12(14-8-11)16(17)18/h1-6,8,15H,7H2. The third-order valence-corrected chi connectivity index (χ3v) is 4.51. The van der Waals surface area contributed by atoms with Crippen LogP contribution in [0.15, 0.2) is 52.0 Å². The smallest absolute Gasteiger partial charge is 0.358 e. The van der Waals surface area contributed by atoms with Crippen molar-refractivity contribution in [1.29, 1.82) is 0 Å². The topological polar surface area (TPSA) is 102 Å². The number of pyridine rings is 1. The van der Waals surface area contributed by atoms with Gasteiger partial charge in [0, 0.05) is 17.1 Å². The highest BCUT2D eigenvalue weighted by atomic mass is 79.9. The average molecular weight is 372 g/mol. The van der Waals surface area contributed by atoms with Crippen LogP contribution >= 0.6 is 15.9 Å². The lowest BCUT2D eigenvalue weighted by atomic mass is 10.2. The van der Waals surface area contributed by atoms with Crippen molar-refractivity contribution in [2.75, 3.05) is 0 Å². The van der Waals surface area contributed by atoms with Gasteiger partial charge in [0.25, 0.3) is 0 Å². The van der Waals surface area contributed by atoms with Gasteiger partial charge in [-0.05, 0) is 33.7 Å². The van der Waals surface area contributed by atoms with E-state index in [1.807, 2.05) is 0 Å². The Balaban J connectivity index is 2.11. The summed E-state index contributed by atoms with van der Waals surface area (Å²) in [5, 5.41) is 10.5. The lowest BCUT2D eigenvalue weighted by Gasteiger charge is -2.05. The van der Waals surface area contributed by atoms with Gasteiger partial charge >= 0.3 is 5.82 Å². The summed E-state index contributed by atoms with van der Waals surface area (Å²) in [5.41, 5.74) is 0.789. The van der Waals surface area contributed by atoms with Gasteiger partial charge in [-0.3, -0.25) is 0 Å². The molecular formula is C12H10BrN3O4S. The van der Waals surface area contributed by atoms with E-state index in [2.05, 4.69) is 25.6 Å². The monoisotopic (exact) mass is 371 g/mol. The zero-order valence-electron chi connectivity index (χ0n) is 10.6. The summed E-state index contributed by atoms with van der Waals surface area (Å²) >= 11 is 3.29. The molecule has 1 aromatic heterocycles. The van der Waals surface area contributed by atoms with Gasteiger partial charge in [-0.1, -0.05) is 28.1 Å². The molecule has 0 saturated heterocycles. The molecule has 9 heteroatoms. The molecule has 2 aromatic rings. The van der Waals surface area contributed by atoms with Crippen LogP contribution < -0.4 is 4.72 Å². The van der Waals surface area contributed by atoms with Crippen LogP contribution in [0.2, 0.25) is 0 Å². The number of halogens is 1. The van der Waals surface area contributed by atoms with Crippen molar-refractivity contribution < 1.29 is 13.3 Å². The molecule has 0 unspecified atom stereocenters. The molecule has 1 N–H and O–H groups in total. The second-order valence-corrected chi connectivity index (χ2v) is 6.74. The van der Waals surface area contributed by atoms with Crippen molar-refractivity contribution in [2.45, 2.75) is 11.4 Å². The van der Waals surface area contributed by atoms with E-state index in [-0.39, 0.29) is 11.4 Å². The molecule has 0 radical (unpaired) electrons. The van der Waals surface area contributed by atoms with E-state index in [0.29, 0.717) is 0 Å². The molecule has 0 amide bonds. The normalized spacial score (nSPS) is 11.3. The number of rotatable bonds is 5. The molecule has 0 aliphatic rings. The highest BCUT2D eigenvalue weighted by molar-refractivity contribution is 9.10. The Labute approximate surface area is 129 Å². The van der Waals surface area contributed by atoms with Gasteiger partial charge in [0.15, 0.2) is 6.20 Å². The maximum atomic E-state index is 12.0. The van der Waals surface area contributed by atoms with Gasteiger partial charge in [0.2, 0.25) is 10.0 Å². The summed E-state index contributed by atoms with van der Waals surface area (Å²) in [6.45, 7) is 0.118. The highest BCUT2D eigenvalue weighted by Crippen LogP contribution is 2.14. The van der Waals surface area contributed by atoms with Crippen LogP contribution in [-0.4, -0.2) is 18.3 Å². The quantitative estimate of drug-likeness (QED) is 0.641. The molecule has 21 heavy (non-hydrogen) atoms. The Hall–Kier alpha value is -1.84. The van der Waals surface area contributed by atoms with Crippen LogP contribution in [0.5, 0.6) is 0 Å². The molecule has 0 saturated carbocycles. The van der Waals surface area contributed by atoms with Crippen molar-refractivity contribution in [3.05, 3.63) is 62.7 Å². The summed E-state index contributed by atoms with van der Waals surface area (Å²) in [7, 11) is -3.76. The molecule has 0 aliphatic carbocycles. The van der Waals surface area contributed by atoms with Crippen molar-refractivity contribution >= 4 is 31.8 Å². The molecular weight excluding hydrogens is 362 g/mol. The molecule has 0 aliphatic heterocycles. The van der Waals surface area contributed by atoms with Crippen LogP contribution in [0.4, 0.5) is 5.82 Å². The molecule has 1 aromatic carbocycles. The number of sulfonamides is 1. The van der Waals surface area contributed by atoms with E-state index in [0.717, 1.165) is 28.4 Å². The number of aromatic nitrogens is 1. The fourth-order valence-corrected chi connectivity index (χ4v) is 2.73. The maximum Gasteiger partial charge on any atom is 0.363 e. The molecule has 0 bridgehead atoms. The van der Waals surface area contributed by atoms with Crippen LogP contribution in [-0.2, 0) is 16.6 Å². The lowest BCUT2D eigenvalue weighted by molar-refractivity contribution is -0.389. The Bertz CT molecular complexity index is 745. The minimum Gasteiger partial charge on any atom is -0.358 e. The number of nitrogens with zero attached hydrogens (tertiary/aromatic N) is 2. The first-order chi connectivity index (χ1) is 9.88. The molecule has 0 fully saturated rings. The van der Waals surface area contributed by atoms with E-state index in [4.69, 9.17) is 0 Å². The second-order valence-electron chi connectivity index (χ2n) is 4.06. The third kappa shape index (κ3) is 4.06. The first-order valence-electron chi connectivity index (χ1n) is 5.73. The summed E-state index contributed by atoms with van der Waals surface area (Å²) < 4.78 is 27.4. The van der Waals surface area contributed by atoms with Gasteiger partial charge in [-0.15, -0.1) is 0 Å². The minimum atomic E-state index is -3.76. The Morgan fingerprint density at radius 3 is 2.38 bits per heavy atom. The maximum absolute atomic E-state index is 12.0. The Morgan fingerprint density at radius 2 is 1.86 bits per heavy atom. The average Bonchev–Trinajstić information content (AvgIpc) is 2.47. The molecule has 0 spiro atoms. The van der Waals surface area contributed by atoms with Crippen molar-refractivity contribution in [3.63, 3.8) is 0 Å². The summed E-state index contributed by atoms with van der Waals surface area (Å²) in [6, 6.07) is 9.36. The molecule has 1 heterocycles. The minimum absolute atomic E-state index is 0.118. The van der Waals surface area contributed by atoms with Gasteiger partial charge in [0.05, 0.1) is 0 Å².